The van der Waals surface area contributed by atoms with Crippen LogP contribution in [0.4, 0.5) is 0 Å². The van der Waals surface area contributed by atoms with E-state index in [1.165, 1.54) is 0 Å². The van der Waals surface area contributed by atoms with Crippen LogP contribution in [0.5, 0.6) is 0 Å². The Labute approximate surface area is 126 Å². The predicted molar refractivity (Wildman–Crippen MR) is 79.7 cm³/mol. The third-order valence-corrected chi connectivity index (χ3v) is 5.18. The van der Waals surface area contributed by atoms with Gasteiger partial charge in [-0.3, -0.25) is 14.5 Å². The van der Waals surface area contributed by atoms with E-state index in [1.54, 1.807) is 14.0 Å². The fourth-order valence-corrected chi connectivity index (χ4v) is 3.92. The number of hydrogen-bond donors (Lipinski definition) is 2. The first-order chi connectivity index (χ1) is 9.84. The summed E-state index contributed by atoms with van der Waals surface area (Å²) in [6.45, 7) is 6.48. The molecule has 1 spiro atoms. The van der Waals surface area contributed by atoms with Gasteiger partial charge in [-0.05, 0) is 44.7 Å². The molecule has 1 unspecified atom stereocenters. The molecule has 120 valence electrons. The van der Waals surface area contributed by atoms with Crippen molar-refractivity contribution < 1.29 is 14.7 Å². The van der Waals surface area contributed by atoms with Gasteiger partial charge in [0.15, 0.2) is 0 Å². The zero-order valence-electron chi connectivity index (χ0n) is 13.3. The summed E-state index contributed by atoms with van der Waals surface area (Å²) >= 11 is 0. The van der Waals surface area contributed by atoms with Gasteiger partial charge in [-0.15, -0.1) is 0 Å². The molecule has 2 heterocycles. The Morgan fingerprint density at radius 3 is 2.33 bits per heavy atom. The van der Waals surface area contributed by atoms with Crippen LogP contribution in [0.15, 0.2) is 0 Å². The number of aliphatic hydroxyl groups is 1. The van der Waals surface area contributed by atoms with E-state index in [4.69, 9.17) is 0 Å². The molecule has 2 amide bonds. The highest BCUT2D eigenvalue weighted by Gasteiger charge is 2.52. The molecule has 0 aliphatic carbocycles. The van der Waals surface area contributed by atoms with Crippen LogP contribution >= 0.6 is 0 Å². The molecule has 0 aromatic carbocycles. The molecule has 0 aromatic rings. The summed E-state index contributed by atoms with van der Waals surface area (Å²) in [7, 11) is 1.65. The lowest BCUT2D eigenvalue weighted by atomic mass is 9.74. The molecular formula is C15H27N3O3. The van der Waals surface area contributed by atoms with E-state index in [2.05, 4.69) is 10.2 Å². The van der Waals surface area contributed by atoms with Gasteiger partial charge in [-0.25, -0.2) is 0 Å². The lowest BCUT2D eigenvalue weighted by molar-refractivity contribution is -0.134. The molecule has 1 atom stereocenters. The second-order valence-corrected chi connectivity index (χ2v) is 6.89. The highest BCUT2D eigenvalue weighted by Crippen LogP contribution is 2.47. The highest BCUT2D eigenvalue weighted by atomic mass is 16.3. The van der Waals surface area contributed by atoms with Crippen molar-refractivity contribution in [3.8, 4) is 0 Å². The van der Waals surface area contributed by atoms with Crippen LogP contribution in [-0.4, -0.2) is 72.1 Å². The summed E-state index contributed by atoms with van der Waals surface area (Å²) in [5.74, 6) is 0.0825. The normalized spacial score (nSPS) is 28.9. The van der Waals surface area contributed by atoms with E-state index in [0.29, 0.717) is 6.54 Å². The van der Waals surface area contributed by atoms with Crippen molar-refractivity contribution in [3.63, 3.8) is 0 Å². The first kappa shape index (κ1) is 16.2. The molecule has 2 N–H and O–H groups in total. The molecule has 2 aliphatic heterocycles. The van der Waals surface area contributed by atoms with Gasteiger partial charge in [-0.2, -0.15) is 0 Å². The Hall–Kier alpha value is -1.14. The largest absolute Gasteiger partial charge is 0.394 e. The summed E-state index contributed by atoms with van der Waals surface area (Å²) in [6, 6.07) is 0. The molecule has 0 aromatic heterocycles. The van der Waals surface area contributed by atoms with E-state index < -0.39 is 5.54 Å². The SMILES string of the molecule is CNC(=O)CN1CCC2(CC1)CN(C(C)=O)C(C)(CO)C2. The van der Waals surface area contributed by atoms with Crippen LogP contribution in [0.2, 0.25) is 0 Å². The summed E-state index contributed by atoms with van der Waals surface area (Å²) in [6.07, 6.45) is 2.80. The maximum absolute atomic E-state index is 11.8. The first-order valence-corrected chi connectivity index (χ1v) is 7.66. The van der Waals surface area contributed by atoms with E-state index >= 15 is 0 Å². The van der Waals surface area contributed by atoms with Crippen LogP contribution < -0.4 is 5.32 Å². The molecule has 0 bridgehead atoms. The van der Waals surface area contributed by atoms with Crippen LogP contribution in [0.3, 0.4) is 0 Å². The van der Waals surface area contributed by atoms with Gasteiger partial charge in [0.2, 0.25) is 11.8 Å². The fraction of sp³-hybridized carbons (Fsp3) is 0.867. The Balaban J connectivity index is 2.00. The smallest absolute Gasteiger partial charge is 0.233 e. The fourth-order valence-electron chi connectivity index (χ4n) is 3.92. The Kier molecular flexibility index (Phi) is 4.58. The van der Waals surface area contributed by atoms with Crippen LogP contribution in [0.25, 0.3) is 0 Å². The van der Waals surface area contributed by atoms with Crippen molar-refractivity contribution >= 4 is 11.8 Å². The van der Waals surface area contributed by atoms with Crippen molar-refractivity contribution in [2.75, 3.05) is 39.8 Å². The molecule has 6 heteroatoms. The second-order valence-electron chi connectivity index (χ2n) is 6.89. The molecule has 0 radical (unpaired) electrons. The standard InChI is InChI=1S/C15H27N3O3/c1-12(20)18-10-15(9-14(18,2)11-19)4-6-17(7-5-15)8-13(21)16-3/h19H,4-11H2,1-3H3,(H,16,21). The Bertz CT molecular complexity index is 418. The number of nitrogens with one attached hydrogen (secondary N) is 1. The quantitative estimate of drug-likeness (QED) is 0.758. The minimum atomic E-state index is -0.436. The van der Waals surface area contributed by atoms with E-state index in [-0.39, 0.29) is 23.8 Å². The van der Waals surface area contributed by atoms with Gasteiger partial charge in [-0.1, -0.05) is 0 Å². The first-order valence-electron chi connectivity index (χ1n) is 7.66. The number of carbonyl (C=O) groups excluding carboxylic acids is 2. The third-order valence-electron chi connectivity index (χ3n) is 5.18. The zero-order chi connectivity index (χ0) is 15.7. The van der Waals surface area contributed by atoms with E-state index in [0.717, 1.165) is 38.9 Å². The molecule has 2 rings (SSSR count). The number of rotatable bonds is 3. The number of likely N-dealkylation sites (N-methyl/N-ethyl adjacent to an activating group) is 1. The van der Waals surface area contributed by atoms with Crippen molar-refractivity contribution in [2.45, 2.75) is 38.6 Å². The maximum atomic E-state index is 11.8. The van der Waals surface area contributed by atoms with Gasteiger partial charge in [0.05, 0.1) is 18.7 Å². The third kappa shape index (κ3) is 3.21. The molecule has 2 saturated heterocycles. The maximum Gasteiger partial charge on any atom is 0.233 e. The lowest BCUT2D eigenvalue weighted by Gasteiger charge is -2.39. The van der Waals surface area contributed by atoms with Gasteiger partial charge in [0, 0.05) is 20.5 Å². The summed E-state index contributed by atoms with van der Waals surface area (Å²) in [4.78, 5) is 27.3. The van der Waals surface area contributed by atoms with Gasteiger partial charge < -0.3 is 15.3 Å². The zero-order valence-corrected chi connectivity index (χ0v) is 13.3. The van der Waals surface area contributed by atoms with Crippen LogP contribution in [-0.2, 0) is 9.59 Å². The number of nitrogens with zero attached hydrogens (tertiary/aromatic N) is 2. The number of amides is 2. The highest BCUT2D eigenvalue weighted by molar-refractivity contribution is 5.77. The summed E-state index contributed by atoms with van der Waals surface area (Å²) in [5, 5.41) is 12.4. The van der Waals surface area contributed by atoms with Crippen LogP contribution in [0.1, 0.15) is 33.1 Å². The van der Waals surface area contributed by atoms with Crippen molar-refractivity contribution in [1.82, 2.24) is 15.1 Å². The summed E-state index contributed by atoms with van der Waals surface area (Å²) in [5.41, 5.74) is -0.336. The Morgan fingerprint density at radius 1 is 1.29 bits per heavy atom. The van der Waals surface area contributed by atoms with Gasteiger partial charge in [0.25, 0.3) is 0 Å². The van der Waals surface area contributed by atoms with E-state index in [1.807, 2.05) is 11.8 Å². The molecule has 6 nitrogen and oxygen atoms in total. The lowest BCUT2D eigenvalue weighted by Crippen LogP contribution is -2.46. The minimum absolute atomic E-state index is 0.0102. The average Bonchev–Trinajstić information content (AvgIpc) is 2.76. The van der Waals surface area contributed by atoms with Gasteiger partial charge in [0.1, 0.15) is 0 Å². The number of piperidine rings is 1. The topological polar surface area (TPSA) is 72.9 Å². The molecule has 0 saturated carbocycles. The monoisotopic (exact) mass is 297 g/mol. The molecular weight excluding hydrogens is 270 g/mol. The average molecular weight is 297 g/mol. The molecule has 2 fully saturated rings. The summed E-state index contributed by atoms with van der Waals surface area (Å²) < 4.78 is 0. The Morgan fingerprint density at radius 2 is 1.90 bits per heavy atom. The number of likely N-dealkylation sites (tertiary alicyclic amines) is 2. The minimum Gasteiger partial charge on any atom is -0.394 e. The van der Waals surface area contributed by atoms with E-state index in [9.17, 15) is 14.7 Å². The second kappa shape index (κ2) is 5.93. The van der Waals surface area contributed by atoms with Crippen LogP contribution in [0, 0.1) is 5.41 Å². The number of carbonyl (C=O) groups is 2. The number of aliphatic hydroxyl groups excluding tert-OH is 1. The molecule has 2 aliphatic rings. The van der Waals surface area contributed by atoms with Crippen molar-refractivity contribution in [1.29, 1.82) is 0 Å². The predicted octanol–water partition coefficient (Wildman–Crippen LogP) is -0.182. The van der Waals surface area contributed by atoms with Crippen molar-refractivity contribution in [2.24, 2.45) is 5.41 Å². The van der Waals surface area contributed by atoms with Gasteiger partial charge >= 0.3 is 0 Å². The molecule has 21 heavy (non-hydrogen) atoms. The number of hydrogen-bond acceptors (Lipinski definition) is 4. The van der Waals surface area contributed by atoms with Crippen molar-refractivity contribution in [3.05, 3.63) is 0 Å².